The third kappa shape index (κ3) is 3.55. The van der Waals surface area contributed by atoms with Crippen molar-refractivity contribution in [1.29, 1.82) is 0 Å². The third-order valence-electron chi connectivity index (χ3n) is 6.09. The van der Waals surface area contributed by atoms with E-state index in [2.05, 4.69) is 36.0 Å². The molecule has 3 aliphatic rings. The number of ether oxygens (including phenoxy) is 1. The highest BCUT2D eigenvalue weighted by atomic mass is 16.5. The van der Waals surface area contributed by atoms with E-state index in [1.807, 2.05) is 6.92 Å². The first-order chi connectivity index (χ1) is 13.2. The molecular weight excluding hydrogens is 344 g/mol. The summed E-state index contributed by atoms with van der Waals surface area (Å²) in [5, 5.41) is 4.23. The Labute approximate surface area is 158 Å². The smallest absolute Gasteiger partial charge is 0.229 e. The number of hydrogen-bond donors (Lipinski definition) is 0. The lowest BCUT2D eigenvalue weighted by Crippen LogP contribution is -2.29. The Balaban J connectivity index is 1.17. The van der Waals surface area contributed by atoms with Gasteiger partial charge in [-0.05, 0) is 31.6 Å². The van der Waals surface area contributed by atoms with Crippen molar-refractivity contribution < 1.29 is 9.26 Å². The van der Waals surface area contributed by atoms with Crippen molar-refractivity contribution >= 4 is 5.82 Å². The van der Waals surface area contributed by atoms with Gasteiger partial charge in [0, 0.05) is 57.1 Å². The Kier molecular flexibility index (Phi) is 4.53. The van der Waals surface area contributed by atoms with Gasteiger partial charge in [-0.15, -0.1) is 0 Å². The lowest BCUT2D eigenvalue weighted by atomic mass is 10.0. The van der Waals surface area contributed by atoms with Crippen molar-refractivity contribution in [1.82, 2.24) is 25.0 Å². The number of nitrogens with zero attached hydrogens (tertiary/aromatic N) is 6. The topological polar surface area (TPSA) is 80.4 Å². The molecule has 8 heteroatoms. The van der Waals surface area contributed by atoms with Gasteiger partial charge in [0.05, 0.1) is 6.54 Å². The zero-order valence-corrected chi connectivity index (χ0v) is 15.8. The van der Waals surface area contributed by atoms with E-state index in [9.17, 15) is 0 Å². The summed E-state index contributed by atoms with van der Waals surface area (Å²) in [6.45, 7) is 8.70. The maximum atomic E-state index is 5.53. The summed E-state index contributed by atoms with van der Waals surface area (Å²) in [6.07, 6.45) is 3.62. The molecule has 5 heterocycles. The molecule has 0 amide bonds. The van der Waals surface area contributed by atoms with E-state index >= 15 is 0 Å². The molecule has 2 aromatic heterocycles. The predicted octanol–water partition coefficient (Wildman–Crippen LogP) is 1.63. The van der Waals surface area contributed by atoms with Crippen LogP contribution < -0.4 is 4.90 Å². The second-order valence-corrected chi connectivity index (χ2v) is 8.07. The highest BCUT2D eigenvalue weighted by Gasteiger charge is 2.40. The summed E-state index contributed by atoms with van der Waals surface area (Å²) in [5.41, 5.74) is 1.02. The first-order valence-corrected chi connectivity index (χ1v) is 9.91. The van der Waals surface area contributed by atoms with Crippen molar-refractivity contribution in [2.75, 3.05) is 44.3 Å². The van der Waals surface area contributed by atoms with Crippen molar-refractivity contribution in [2.45, 2.75) is 32.2 Å². The molecule has 3 aliphatic heterocycles. The van der Waals surface area contributed by atoms with Gasteiger partial charge in [-0.2, -0.15) is 4.98 Å². The summed E-state index contributed by atoms with van der Waals surface area (Å²) < 4.78 is 10.9. The molecule has 0 aromatic carbocycles. The Morgan fingerprint density at radius 1 is 1.07 bits per heavy atom. The van der Waals surface area contributed by atoms with Crippen LogP contribution in [-0.4, -0.2) is 64.4 Å². The lowest BCUT2D eigenvalue weighted by Gasteiger charge is -2.21. The van der Waals surface area contributed by atoms with Gasteiger partial charge in [0.25, 0.3) is 0 Å². The highest BCUT2D eigenvalue weighted by Crippen LogP contribution is 2.34. The van der Waals surface area contributed by atoms with Crippen molar-refractivity contribution in [3.05, 3.63) is 29.8 Å². The minimum Gasteiger partial charge on any atom is -0.381 e. The molecule has 5 rings (SSSR count). The van der Waals surface area contributed by atoms with Crippen LogP contribution in [0.5, 0.6) is 0 Å². The van der Waals surface area contributed by atoms with Gasteiger partial charge in [-0.25, -0.2) is 9.97 Å². The molecule has 2 unspecified atom stereocenters. The molecule has 3 fully saturated rings. The Morgan fingerprint density at radius 3 is 2.59 bits per heavy atom. The molecule has 0 radical (unpaired) electrons. The normalized spacial score (nSPS) is 26.6. The zero-order valence-electron chi connectivity index (χ0n) is 15.8. The summed E-state index contributed by atoms with van der Waals surface area (Å²) >= 11 is 0. The monoisotopic (exact) mass is 370 g/mol. The molecule has 0 aliphatic carbocycles. The SMILES string of the molecule is Cc1cc(N2CC3CN(Cc4noc(C5CCOCC5)n4)CC3C2)ncn1. The molecule has 0 bridgehead atoms. The number of likely N-dealkylation sites (tertiary alicyclic amines) is 1. The second-order valence-electron chi connectivity index (χ2n) is 8.07. The molecule has 8 nitrogen and oxygen atoms in total. The molecule has 27 heavy (non-hydrogen) atoms. The number of aryl methyl sites for hydroxylation is 1. The predicted molar refractivity (Wildman–Crippen MR) is 98.3 cm³/mol. The first-order valence-electron chi connectivity index (χ1n) is 9.91. The minimum absolute atomic E-state index is 0.364. The van der Waals surface area contributed by atoms with Gasteiger partial charge in [-0.3, -0.25) is 4.90 Å². The fourth-order valence-electron chi connectivity index (χ4n) is 4.66. The quantitative estimate of drug-likeness (QED) is 0.803. The molecule has 144 valence electrons. The fourth-order valence-corrected chi connectivity index (χ4v) is 4.66. The van der Waals surface area contributed by atoms with Crippen LogP contribution >= 0.6 is 0 Å². The largest absolute Gasteiger partial charge is 0.381 e. The van der Waals surface area contributed by atoms with Gasteiger partial charge in [0.15, 0.2) is 5.82 Å². The average molecular weight is 370 g/mol. The number of hydrogen-bond acceptors (Lipinski definition) is 8. The second kappa shape index (κ2) is 7.16. The van der Waals surface area contributed by atoms with Crippen LogP contribution in [0.4, 0.5) is 5.82 Å². The maximum Gasteiger partial charge on any atom is 0.229 e. The van der Waals surface area contributed by atoms with E-state index < -0.39 is 0 Å². The number of fused-ring (bicyclic) bond motifs is 1. The van der Waals surface area contributed by atoms with E-state index in [1.54, 1.807) is 6.33 Å². The lowest BCUT2D eigenvalue weighted by molar-refractivity contribution is 0.0778. The molecule has 2 atom stereocenters. The first kappa shape index (κ1) is 17.1. The van der Waals surface area contributed by atoms with E-state index in [1.165, 1.54) is 0 Å². The fraction of sp³-hybridized carbons (Fsp3) is 0.684. The van der Waals surface area contributed by atoms with Gasteiger partial charge in [0.2, 0.25) is 5.89 Å². The van der Waals surface area contributed by atoms with Crippen LogP contribution in [0.3, 0.4) is 0 Å². The van der Waals surface area contributed by atoms with E-state index in [0.717, 1.165) is 82.0 Å². The van der Waals surface area contributed by atoms with Crippen molar-refractivity contribution in [3.8, 4) is 0 Å². The molecule has 2 aromatic rings. The van der Waals surface area contributed by atoms with E-state index in [0.29, 0.717) is 17.8 Å². The Morgan fingerprint density at radius 2 is 1.85 bits per heavy atom. The van der Waals surface area contributed by atoms with Crippen LogP contribution in [0.1, 0.15) is 36.2 Å². The maximum absolute atomic E-state index is 5.53. The van der Waals surface area contributed by atoms with Crippen LogP contribution in [0, 0.1) is 18.8 Å². The summed E-state index contributed by atoms with van der Waals surface area (Å²) in [5.74, 6) is 4.40. The minimum atomic E-state index is 0.364. The molecule has 0 N–H and O–H groups in total. The zero-order chi connectivity index (χ0) is 18.2. The number of aromatic nitrogens is 4. The van der Waals surface area contributed by atoms with Gasteiger partial charge < -0.3 is 14.2 Å². The molecular formula is C19H26N6O2. The van der Waals surface area contributed by atoms with Crippen molar-refractivity contribution in [2.24, 2.45) is 11.8 Å². The standard InChI is InChI=1S/C19H26N6O2/c1-13-6-18(21-12-20-13)25-9-15-7-24(8-16(15)10-25)11-17-22-19(27-23-17)14-2-4-26-5-3-14/h6,12,14-16H,2-5,7-11H2,1H3. The average Bonchev–Trinajstić information content (AvgIpc) is 3.38. The Hall–Kier alpha value is -2.06. The molecule has 3 saturated heterocycles. The summed E-state index contributed by atoms with van der Waals surface area (Å²) in [7, 11) is 0. The Bertz CT molecular complexity index is 776. The van der Waals surface area contributed by atoms with Crippen LogP contribution in [0.15, 0.2) is 16.9 Å². The van der Waals surface area contributed by atoms with E-state index in [4.69, 9.17) is 9.26 Å². The van der Waals surface area contributed by atoms with Gasteiger partial charge in [-0.1, -0.05) is 5.16 Å². The summed E-state index contributed by atoms with van der Waals surface area (Å²) in [4.78, 5) is 18.2. The third-order valence-corrected chi connectivity index (χ3v) is 6.09. The van der Waals surface area contributed by atoms with Crippen LogP contribution in [0.2, 0.25) is 0 Å². The molecule has 0 spiro atoms. The van der Waals surface area contributed by atoms with Gasteiger partial charge in [0.1, 0.15) is 12.1 Å². The van der Waals surface area contributed by atoms with Crippen LogP contribution in [0.25, 0.3) is 0 Å². The highest BCUT2D eigenvalue weighted by molar-refractivity contribution is 5.40. The number of anilines is 1. The van der Waals surface area contributed by atoms with Crippen molar-refractivity contribution in [3.63, 3.8) is 0 Å². The molecule has 0 saturated carbocycles. The van der Waals surface area contributed by atoms with E-state index in [-0.39, 0.29) is 0 Å². The number of rotatable bonds is 4. The summed E-state index contributed by atoms with van der Waals surface area (Å²) in [6, 6.07) is 2.08. The van der Waals surface area contributed by atoms with Crippen LogP contribution in [-0.2, 0) is 11.3 Å². The van der Waals surface area contributed by atoms with Gasteiger partial charge >= 0.3 is 0 Å².